The average molecular weight is 636 g/mol. The number of nitrogens with one attached hydrogen (secondary N) is 1. The van der Waals surface area contributed by atoms with Crippen molar-refractivity contribution >= 4 is 34.9 Å². The Morgan fingerprint density at radius 2 is 1.67 bits per heavy atom. The van der Waals surface area contributed by atoms with Crippen LogP contribution in [-0.2, 0) is 27.4 Å². The lowest BCUT2D eigenvalue weighted by Crippen LogP contribution is -2.51. The average Bonchev–Trinajstić information content (AvgIpc) is 3.60. The third kappa shape index (κ3) is 9.01. The van der Waals surface area contributed by atoms with Crippen LogP contribution in [0.2, 0.25) is 0 Å². The van der Waals surface area contributed by atoms with E-state index in [-0.39, 0.29) is 44.0 Å². The van der Waals surface area contributed by atoms with E-state index in [1.54, 1.807) is 17.0 Å². The lowest BCUT2D eigenvalue weighted by atomic mass is 10.1. The zero-order valence-corrected chi connectivity index (χ0v) is 28.4. The molecular formula is C33H45N7O4S. The molecule has 0 radical (unpaired) electrons. The number of nitrogens with zero attached hydrogens (tertiary/aromatic N) is 6. The number of hydrogen-bond acceptors (Lipinski definition) is 9. The quantitative estimate of drug-likeness (QED) is 0.310. The first-order valence-electron chi connectivity index (χ1n) is 15.2. The predicted molar refractivity (Wildman–Crippen MR) is 176 cm³/mol. The number of anilines is 1. The van der Waals surface area contributed by atoms with Crippen LogP contribution in [0.4, 0.5) is 10.5 Å². The number of hydrazine groups is 1. The highest BCUT2D eigenvalue weighted by Crippen LogP contribution is 2.28. The molecule has 45 heavy (non-hydrogen) atoms. The van der Waals surface area contributed by atoms with Gasteiger partial charge >= 0.3 is 6.09 Å². The minimum atomic E-state index is -0.657. The van der Waals surface area contributed by atoms with Crippen LogP contribution in [0.3, 0.4) is 0 Å². The zero-order chi connectivity index (χ0) is 32.9. The molecule has 0 atom stereocenters. The Bertz CT molecular complexity index is 1490. The Morgan fingerprint density at radius 3 is 2.24 bits per heavy atom. The molecule has 1 N–H and O–H groups in total. The number of fused-ring (bicyclic) bond motifs is 1. The highest BCUT2D eigenvalue weighted by molar-refractivity contribution is 7.14. The number of amides is 3. The summed E-state index contributed by atoms with van der Waals surface area (Å²) >= 11 is 1.50. The van der Waals surface area contributed by atoms with Gasteiger partial charge in [-0.05, 0) is 71.2 Å². The Labute approximate surface area is 270 Å². The minimum Gasteiger partial charge on any atom is -0.444 e. The van der Waals surface area contributed by atoms with Crippen molar-refractivity contribution in [1.82, 2.24) is 30.0 Å². The van der Waals surface area contributed by atoms with Crippen LogP contribution in [0.5, 0.6) is 0 Å². The first-order chi connectivity index (χ1) is 21.2. The van der Waals surface area contributed by atoms with E-state index in [2.05, 4.69) is 27.6 Å². The van der Waals surface area contributed by atoms with Crippen molar-refractivity contribution in [3.05, 3.63) is 64.2 Å². The van der Waals surface area contributed by atoms with Crippen molar-refractivity contribution in [2.75, 3.05) is 38.5 Å². The molecule has 0 unspecified atom stereocenters. The number of aryl methyl sites for hydroxylation is 2. The van der Waals surface area contributed by atoms with Crippen LogP contribution >= 0.6 is 11.3 Å². The zero-order valence-electron chi connectivity index (χ0n) is 27.6. The number of aromatic nitrogens is 2. The summed E-state index contributed by atoms with van der Waals surface area (Å²) in [4.78, 5) is 43.4. The summed E-state index contributed by atoms with van der Waals surface area (Å²) < 4.78 is 5.62. The second-order valence-corrected chi connectivity index (χ2v) is 13.8. The SMILES string of the molecule is Cc1nnc(-c2ccc(C)c(NCC(=O)N(CCN(C(=O)OC(C)(C)C)C(C)C)CC(=O)N(C)N3Cc4ccccc4C3)c2)s1. The summed E-state index contributed by atoms with van der Waals surface area (Å²) in [5.74, 6) is -0.472. The van der Waals surface area contributed by atoms with Gasteiger partial charge in [-0.1, -0.05) is 47.7 Å². The number of benzene rings is 2. The number of carbonyl (C=O) groups is 3. The lowest BCUT2D eigenvalue weighted by molar-refractivity contribution is -0.151. The smallest absolute Gasteiger partial charge is 0.410 e. The van der Waals surface area contributed by atoms with E-state index in [1.165, 1.54) is 27.4 Å². The van der Waals surface area contributed by atoms with E-state index in [4.69, 9.17) is 4.74 Å². The molecule has 2 aromatic carbocycles. The van der Waals surface area contributed by atoms with E-state index in [9.17, 15) is 14.4 Å². The van der Waals surface area contributed by atoms with Gasteiger partial charge in [-0.3, -0.25) is 14.6 Å². The van der Waals surface area contributed by atoms with Gasteiger partial charge < -0.3 is 19.9 Å². The Morgan fingerprint density at radius 1 is 1.00 bits per heavy atom. The van der Waals surface area contributed by atoms with Crippen molar-refractivity contribution in [1.29, 1.82) is 0 Å². The van der Waals surface area contributed by atoms with Crippen molar-refractivity contribution in [2.24, 2.45) is 0 Å². The number of hydrogen-bond donors (Lipinski definition) is 1. The van der Waals surface area contributed by atoms with Gasteiger partial charge in [-0.25, -0.2) is 9.80 Å². The predicted octanol–water partition coefficient (Wildman–Crippen LogP) is 5.10. The summed E-state index contributed by atoms with van der Waals surface area (Å²) in [5.41, 5.74) is 4.38. The monoisotopic (exact) mass is 635 g/mol. The molecule has 0 aliphatic carbocycles. The van der Waals surface area contributed by atoms with Crippen molar-refractivity contribution in [3.8, 4) is 10.6 Å². The highest BCUT2D eigenvalue weighted by atomic mass is 32.1. The molecule has 11 nitrogen and oxygen atoms in total. The van der Waals surface area contributed by atoms with Gasteiger partial charge in [0.1, 0.15) is 22.2 Å². The molecule has 1 aromatic heterocycles. The summed E-state index contributed by atoms with van der Waals surface area (Å²) in [6.45, 7) is 14.6. The van der Waals surface area contributed by atoms with Gasteiger partial charge in [0.15, 0.2) is 0 Å². The van der Waals surface area contributed by atoms with Crippen LogP contribution < -0.4 is 5.32 Å². The van der Waals surface area contributed by atoms with E-state index in [0.29, 0.717) is 13.1 Å². The summed E-state index contributed by atoms with van der Waals surface area (Å²) in [6, 6.07) is 13.9. The van der Waals surface area contributed by atoms with Gasteiger partial charge in [-0.2, -0.15) is 0 Å². The third-order valence-electron chi connectivity index (χ3n) is 7.59. The largest absolute Gasteiger partial charge is 0.444 e. The van der Waals surface area contributed by atoms with Crippen LogP contribution in [-0.4, -0.2) is 92.8 Å². The van der Waals surface area contributed by atoms with Gasteiger partial charge in [0.25, 0.3) is 5.91 Å². The molecule has 0 fully saturated rings. The van der Waals surface area contributed by atoms with Crippen molar-refractivity contribution in [2.45, 2.75) is 73.2 Å². The van der Waals surface area contributed by atoms with Gasteiger partial charge in [0.05, 0.1) is 6.54 Å². The Hall–Kier alpha value is -4.03. The molecule has 0 saturated carbocycles. The fourth-order valence-corrected chi connectivity index (χ4v) is 5.68. The second-order valence-electron chi connectivity index (χ2n) is 12.6. The standard InChI is InChI=1S/C33H45N7O4S/c1-22(2)40(32(43)44-33(5,6)7)16-15-38(21-30(42)37(8)39-19-26-11-9-10-12-27(26)20-39)29(41)18-34-28-17-25(14-13-23(28)3)31-36-35-24(4)45-31/h9-14,17,22,34H,15-16,18-21H2,1-8H3. The molecule has 0 bridgehead atoms. The summed E-state index contributed by atoms with van der Waals surface area (Å²) in [7, 11) is 1.74. The van der Waals surface area contributed by atoms with E-state index >= 15 is 0 Å². The van der Waals surface area contributed by atoms with E-state index < -0.39 is 11.7 Å². The Balaban J connectivity index is 1.48. The van der Waals surface area contributed by atoms with Gasteiger partial charge in [-0.15, -0.1) is 10.2 Å². The molecule has 1 aliphatic heterocycles. The molecule has 1 aliphatic rings. The third-order valence-corrected chi connectivity index (χ3v) is 8.48. The Kier molecular flexibility index (Phi) is 10.8. The van der Waals surface area contributed by atoms with Crippen molar-refractivity contribution in [3.63, 3.8) is 0 Å². The molecule has 12 heteroatoms. The second kappa shape index (κ2) is 14.4. The maximum absolute atomic E-state index is 13.7. The van der Waals surface area contributed by atoms with Gasteiger partial charge in [0.2, 0.25) is 5.91 Å². The van der Waals surface area contributed by atoms with Crippen LogP contribution in [0.1, 0.15) is 56.3 Å². The van der Waals surface area contributed by atoms with E-state index in [1.807, 2.05) is 83.8 Å². The van der Waals surface area contributed by atoms with E-state index in [0.717, 1.165) is 26.8 Å². The molecule has 4 rings (SSSR count). The van der Waals surface area contributed by atoms with Crippen LogP contribution in [0.25, 0.3) is 10.6 Å². The topological polar surface area (TPSA) is 111 Å². The lowest BCUT2D eigenvalue weighted by Gasteiger charge is -2.33. The summed E-state index contributed by atoms with van der Waals surface area (Å²) in [6.07, 6.45) is -0.458. The normalized spacial score (nSPS) is 13.0. The van der Waals surface area contributed by atoms with Crippen LogP contribution in [0.15, 0.2) is 42.5 Å². The highest BCUT2D eigenvalue weighted by Gasteiger charge is 2.29. The number of ether oxygens (including phenoxy) is 1. The maximum atomic E-state index is 13.7. The summed E-state index contributed by atoms with van der Waals surface area (Å²) in [5, 5.41) is 16.9. The fraction of sp³-hybridized carbons (Fsp3) is 0.485. The molecule has 0 spiro atoms. The number of rotatable bonds is 11. The number of carbonyl (C=O) groups excluding carboxylic acids is 3. The molecule has 0 saturated heterocycles. The van der Waals surface area contributed by atoms with Crippen molar-refractivity contribution < 1.29 is 19.1 Å². The molecule has 2 heterocycles. The van der Waals surface area contributed by atoms with Crippen LogP contribution in [0, 0.1) is 13.8 Å². The first-order valence-corrected chi connectivity index (χ1v) is 16.0. The van der Waals surface area contributed by atoms with Gasteiger partial charge in [0, 0.05) is 50.5 Å². The fourth-order valence-electron chi connectivity index (χ4n) is 4.99. The molecule has 242 valence electrons. The number of likely N-dealkylation sites (N-methyl/N-ethyl adjacent to an activating group) is 1. The molecule has 3 aromatic rings. The minimum absolute atomic E-state index is 0.0281. The molecular weight excluding hydrogens is 590 g/mol. The maximum Gasteiger partial charge on any atom is 0.410 e. The first kappa shape index (κ1) is 33.9. The molecule has 3 amide bonds.